The molecule has 0 unspecified atom stereocenters. The molecule has 0 fully saturated rings. The fraction of sp³-hybridized carbons (Fsp3) is 0.667. The average Bonchev–Trinajstić information content (AvgIpc) is 2.00. The summed E-state index contributed by atoms with van der Waals surface area (Å²) in [5.74, 6) is -1.55. The molecular weight excluding hydrogens is 134 g/mol. The van der Waals surface area contributed by atoms with Crippen LogP contribution in [0.3, 0.4) is 0 Å². The predicted molar refractivity (Wildman–Crippen MR) is 35.2 cm³/mol. The first kappa shape index (κ1) is 8.94. The SMILES string of the molecule is CNC(=O)[C@H](C)C(=O)OC. The molecule has 0 radical (unpaired) electrons. The summed E-state index contributed by atoms with van der Waals surface area (Å²) in [6, 6.07) is 0. The van der Waals surface area contributed by atoms with Crippen LogP contribution >= 0.6 is 0 Å². The molecule has 0 bridgehead atoms. The average molecular weight is 145 g/mol. The van der Waals surface area contributed by atoms with Crippen molar-refractivity contribution >= 4 is 11.9 Å². The molecule has 1 amide bonds. The van der Waals surface area contributed by atoms with Gasteiger partial charge < -0.3 is 10.1 Å². The number of nitrogens with one attached hydrogen (secondary N) is 1. The summed E-state index contributed by atoms with van der Waals surface area (Å²) in [5.41, 5.74) is 0. The maximum Gasteiger partial charge on any atom is 0.317 e. The lowest BCUT2D eigenvalue weighted by Gasteiger charge is -2.05. The minimum absolute atomic E-state index is 0.327. The number of carbonyl (C=O) groups excluding carboxylic acids is 2. The maximum absolute atomic E-state index is 10.7. The zero-order chi connectivity index (χ0) is 8.15. The highest BCUT2D eigenvalue weighted by Gasteiger charge is 2.19. The molecule has 58 valence electrons. The van der Waals surface area contributed by atoms with Gasteiger partial charge in [0.15, 0.2) is 0 Å². The van der Waals surface area contributed by atoms with Gasteiger partial charge in [-0.2, -0.15) is 0 Å². The standard InChI is InChI=1S/C6H11NO3/c1-4(5(8)7-2)6(9)10-3/h4H,1-3H3,(H,7,8)/t4-/m0/s1. The first-order chi connectivity index (χ1) is 4.63. The molecule has 0 spiro atoms. The lowest BCUT2D eigenvalue weighted by molar-refractivity contribution is -0.149. The van der Waals surface area contributed by atoms with Crippen molar-refractivity contribution < 1.29 is 14.3 Å². The van der Waals surface area contributed by atoms with E-state index < -0.39 is 11.9 Å². The van der Waals surface area contributed by atoms with E-state index in [1.807, 2.05) is 0 Å². The van der Waals surface area contributed by atoms with Crippen molar-refractivity contribution in [1.29, 1.82) is 0 Å². The lowest BCUT2D eigenvalue weighted by Crippen LogP contribution is -2.31. The smallest absolute Gasteiger partial charge is 0.317 e. The van der Waals surface area contributed by atoms with Crippen LogP contribution in [0.15, 0.2) is 0 Å². The van der Waals surface area contributed by atoms with Gasteiger partial charge >= 0.3 is 5.97 Å². The summed E-state index contributed by atoms with van der Waals surface area (Å²) in [7, 11) is 2.73. The van der Waals surface area contributed by atoms with Gasteiger partial charge in [-0.25, -0.2) is 0 Å². The maximum atomic E-state index is 10.7. The van der Waals surface area contributed by atoms with E-state index in [2.05, 4.69) is 10.1 Å². The lowest BCUT2D eigenvalue weighted by atomic mass is 10.2. The molecule has 4 heteroatoms. The van der Waals surface area contributed by atoms with Gasteiger partial charge in [-0.15, -0.1) is 0 Å². The van der Waals surface area contributed by atoms with Gasteiger partial charge in [-0.1, -0.05) is 0 Å². The Balaban J connectivity index is 3.94. The summed E-state index contributed by atoms with van der Waals surface area (Å²) in [4.78, 5) is 21.3. The highest BCUT2D eigenvalue weighted by molar-refractivity contribution is 5.97. The molecule has 0 aromatic carbocycles. The molecule has 0 saturated carbocycles. The molecule has 1 atom stereocenters. The second kappa shape index (κ2) is 3.87. The third-order valence-corrected chi connectivity index (χ3v) is 1.19. The van der Waals surface area contributed by atoms with Gasteiger partial charge in [0.2, 0.25) is 5.91 Å². The molecule has 0 saturated heterocycles. The minimum Gasteiger partial charge on any atom is -0.468 e. The van der Waals surface area contributed by atoms with Crippen LogP contribution in [0.2, 0.25) is 0 Å². The highest BCUT2D eigenvalue weighted by atomic mass is 16.5. The monoisotopic (exact) mass is 145 g/mol. The van der Waals surface area contributed by atoms with Gasteiger partial charge in [0.05, 0.1) is 7.11 Å². The molecule has 0 aliphatic heterocycles. The van der Waals surface area contributed by atoms with Crippen LogP contribution in [0.25, 0.3) is 0 Å². The van der Waals surface area contributed by atoms with Gasteiger partial charge in [0.1, 0.15) is 5.92 Å². The van der Waals surface area contributed by atoms with Crippen molar-refractivity contribution in [3.05, 3.63) is 0 Å². The van der Waals surface area contributed by atoms with Crippen LogP contribution in [-0.2, 0) is 14.3 Å². The Bertz CT molecular complexity index is 128. The van der Waals surface area contributed by atoms with Gasteiger partial charge in [-0.3, -0.25) is 9.59 Å². The summed E-state index contributed by atoms with van der Waals surface area (Å²) in [6.07, 6.45) is 0. The molecular formula is C6H11NO3. The van der Waals surface area contributed by atoms with E-state index in [1.165, 1.54) is 21.1 Å². The normalized spacial score (nSPS) is 11.9. The van der Waals surface area contributed by atoms with E-state index >= 15 is 0 Å². The number of methoxy groups -OCH3 is 1. The van der Waals surface area contributed by atoms with Gasteiger partial charge in [-0.05, 0) is 6.92 Å². The molecule has 0 aliphatic rings. The molecule has 10 heavy (non-hydrogen) atoms. The first-order valence-corrected chi connectivity index (χ1v) is 2.93. The Kier molecular flexibility index (Phi) is 3.46. The second-order valence-electron chi connectivity index (χ2n) is 1.86. The van der Waals surface area contributed by atoms with Gasteiger partial charge in [0, 0.05) is 7.05 Å². The first-order valence-electron chi connectivity index (χ1n) is 2.93. The number of ether oxygens (including phenoxy) is 1. The molecule has 0 heterocycles. The topological polar surface area (TPSA) is 55.4 Å². The largest absolute Gasteiger partial charge is 0.468 e. The summed E-state index contributed by atoms with van der Waals surface area (Å²) in [5, 5.41) is 2.34. The number of hydrogen-bond acceptors (Lipinski definition) is 3. The number of amides is 1. The zero-order valence-corrected chi connectivity index (χ0v) is 6.30. The third-order valence-electron chi connectivity index (χ3n) is 1.19. The van der Waals surface area contributed by atoms with Crippen molar-refractivity contribution in [2.45, 2.75) is 6.92 Å². The van der Waals surface area contributed by atoms with Crippen LogP contribution in [0.5, 0.6) is 0 Å². The van der Waals surface area contributed by atoms with Crippen molar-refractivity contribution in [2.24, 2.45) is 5.92 Å². The Morgan fingerprint density at radius 2 is 2.00 bits per heavy atom. The Morgan fingerprint density at radius 3 is 2.30 bits per heavy atom. The quantitative estimate of drug-likeness (QED) is 0.422. The van der Waals surface area contributed by atoms with Crippen LogP contribution < -0.4 is 5.32 Å². The predicted octanol–water partition coefficient (Wildman–Crippen LogP) is -0.459. The third kappa shape index (κ3) is 2.05. The van der Waals surface area contributed by atoms with Crippen LogP contribution in [-0.4, -0.2) is 26.0 Å². The zero-order valence-electron chi connectivity index (χ0n) is 6.30. The Hall–Kier alpha value is -1.06. The summed E-state index contributed by atoms with van der Waals surface area (Å²) >= 11 is 0. The van der Waals surface area contributed by atoms with E-state index in [9.17, 15) is 9.59 Å². The van der Waals surface area contributed by atoms with Gasteiger partial charge in [0.25, 0.3) is 0 Å². The van der Waals surface area contributed by atoms with Crippen LogP contribution in [0.1, 0.15) is 6.92 Å². The second-order valence-corrected chi connectivity index (χ2v) is 1.86. The molecule has 0 aliphatic carbocycles. The highest BCUT2D eigenvalue weighted by Crippen LogP contribution is 1.95. The van der Waals surface area contributed by atoms with Crippen molar-refractivity contribution in [2.75, 3.05) is 14.2 Å². The molecule has 1 N–H and O–H groups in total. The molecule has 4 nitrogen and oxygen atoms in total. The Morgan fingerprint density at radius 1 is 1.50 bits per heavy atom. The number of esters is 1. The Labute approximate surface area is 59.6 Å². The molecule has 0 aromatic heterocycles. The van der Waals surface area contributed by atoms with E-state index in [4.69, 9.17) is 0 Å². The summed E-state index contributed by atoms with van der Waals surface area (Å²) < 4.78 is 4.34. The number of hydrogen-bond donors (Lipinski definition) is 1. The number of rotatable bonds is 2. The number of carbonyl (C=O) groups is 2. The summed E-state index contributed by atoms with van der Waals surface area (Å²) in [6.45, 7) is 1.49. The van der Waals surface area contributed by atoms with Crippen LogP contribution in [0, 0.1) is 5.92 Å². The van der Waals surface area contributed by atoms with Crippen molar-refractivity contribution in [3.63, 3.8) is 0 Å². The molecule has 0 rings (SSSR count). The fourth-order valence-electron chi connectivity index (χ4n) is 0.500. The van der Waals surface area contributed by atoms with E-state index in [0.29, 0.717) is 0 Å². The van der Waals surface area contributed by atoms with Crippen LogP contribution in [0.4, 0.5) is 0 Å². The van der Waals surface area contributed by atoms with E-state index in [-0.39, 0.29) is 5.91 Å². The minimum atomic E-state index is -0.713. The van der Waals surface area contributed by atoms with E-state index in [1.54, 1.807) is 0 Å². The van der Waals surface area contributed by atoms with Crippen molar-refractivity contribution in [3.8, 4) is 0 Å². The fourth-order valence-corrected chi connectivity index (χ4v) is 0.500. The van der Waals surface area contributed by atoms with Crippen molar-refractivity contribution in [1.82, 2.24) is 5.32 Å². The molecule has 0 aromatic rings. The van der Waals surface area contributed by atoms with E-state index in [0.717, 1.165) is 0 Å².